The molecular weight excluding hydrogens is 202 g/mol. The van der Waals surface area contributed by atoms with Crippen LogP contribution in [0.5, 0.6) is 0 Å². The first-order valence-corrected chi connectivity index (χ1v) is 4.32. The average Bonchev–Trinajstić information content (AvgIpc) is 2.10. The molecule has 0 aliphatic carbocycles. The predicted molar refractivity (Wildman–Crippen MR) is 52.5 cm³/mol. The first kappa shape index (κ1) is 13.2. The van der Waals surface area contributed by atoms with Gasteiger partial charge in [-0.25, -0.2) is 9.59 Å². The highest BCUT2D eigenvalue weighted by atomic mass is 16.2. The molecule has 0 saturated heterocycles. The van der Waals surface area contributed by atoms with Crippen LogP contribution >= 0.6 is 0 Å². The highest BCUT2D eigenvalue weighted by Gasteiger charge is 2.14. The quantitative estimate of drug-likeness (QED) is 0.336. The van der Waals surface area contributed by atoms with E-state index in [2.05, 4.69) is 5.32 Å². The molecule has 0 spiro atoms. The van der Waals surface area contributed by atoms with Crippen LogP contribution in [0.3, 0.4) is 0 Å². The van der Waals surface area contributed by atoms with Crippen molar-refractivity contribution >= 4 is 18.0 Å². The van der Waals surface area contributed by atoms with Gasteiger partial charge in [0.25, 0.3) is 0 Å². The molecule has 0 aromatic heterocycles. The van der Waals surface area contributed by atoms with E-state index >= 15 is 0 Å². The predicted octanol–water partition coefficient (Wildman–Crippen LogP) is -2.04. The minimum Gasteiger partial charge on any atom is -0.352 e. The number of rotatable bonds is 5. The number of hydrogen-bond acceptors (Lipinski definition) is 4. The lowest BCUT2D eigenvalue weighted by molar-refractivity contribution is -0.121. The first-order valence-electron chi connectivity index (χ1n) is 4.32. The zero-order valence-corrected chi connectivity index (χ0v) is 8.16. The van der Waals surface area contributed by atoms with Crippen molar-refractivity contribution in [3.8, 4) is 0 Å². The summed E-state index contributed by atoms with van der Waals surface area (Å²) in [5, 5.41) is 4.20. The van der Waals surface area contributed by atoms with Gasteiger partial charge in [-0.3, -0.25) is 10.1 Å². The van der Waals surface area contributed by atoms with Crippen molar-refractivity contribution in [2.24, 2.45) is 17.2 Å². The summed E-state index contributed by atoms with van der Waals surface area (Å²) in [7, 11) is 0. The molecule has 0 radical (unpaired) electrons. The molecule has 0 aliphatic rings. The second kappa shape index (κ2) is 6.60. The van der Waals surface area contributed by atoms with Crippen molar-refractivity contribution in [3.63, 3.8) is 0 Å². The molecule has 0 rings (SSSR count). The van der Waals surface area contributed by atoms with Gasteiger partial charge < -0.3 is 22.5 Å². The van der Waals surface area contributed by atoms with Crippen molar-refractivity contribution in [1.29, 1.82) is 0 Å². The van der Waals surface area contributed by atoms with E-state index in [-0.39, 0.29) is 0 Å². The smallest absolute Gasteiger partial charge is 0.318 e. The number of amides is 5. The average molecular weight is 217 g/mol. The van der Waals surface area contributed by atoms with E-state index < -0.39 is 24.0 Å². The zero-order chi connectivity index (χ0) is 11.8. The number of carbonyl (C=O) groups excluding carboxylic acids is 3. The van der Waals surface area contributed by atoms with E-state index in [1.807, 2.05) is 5.32 Å². The van der Waals surface area contributed by atoms with Crippen LogP contribution in [-0.2, 0) is 4.79 Å². The molecule has 0 unspecified atom stereocenters. The molecule has 8 nitrogen and oxygen atoms in total. The van der Waals surface area contributed by atoms with Gasteiger partial charge in [-0.15, -0.1) is 0 Å². The molecule has 8 heteroatoms. The van der Waals surface area contributed by atoms with Crippen molar-refractivity contribution in [2.45, 2.75) is 18.9 Å². The molecule has 0 aromatic carbocycles. The lowest BCUT2D eigenvalue weighted by atomic mass is 10.1. The van der Waals surface area contributed by atoms with Gasteiger partial charge in [0, 0.05) is 6.54 Å². The summed E-state index contributed by atoms with van der Waals surface area (Å²) in [4.78, 5) is 31.6. The van der Waals surface area contributed by atoms with Gasteiger partial charge in [0.05, 0.1) is 6.04 Å². The minimum absolute atomic E-state index is 0.319. The Morgan fingerprint density at radius 2 is 1.73 bits per heavy atom. The zero-order valence-electron chi connectivity index (χ0n) is 8.16. The van der Waals surface area contributed by atoms with E-state index in [1.165, 1.54) is 0 Å². The number of hydrogen-bond donors (Lipinski definition) is 5. The minimum atomic E-state index is -0.939. The summed E-state index contributed by atoms with van der Waals surface area (Å²) in [5.41, 5.74) is 15.0. The Hall–Kier alpha value is -1.83. The number of urea groups is 2. The van der Waals surface area contributed by atoms with E-state index in [4.69, 9.17) is 17.2 Å². The van der Waals surface area contributed by atoms with Crippen molar-refractivity contribution in [3.05, 3.63) is 0 Å². The largest absolute Gasteiger partial charge is 0.352 e. The highest BCUT2D eigenvalue weighted by Crippen LogP contribution is 1.93. The highest BCUT2D eigenvalue weighted by molar-refractivity contribution is 5.96. The molecule has 5 amide bonds. The third kappa shape index (κ3) is 7.26. The van der Waals surface area contributed by atoms with E-state index in [0.717, 1.165) is 0 Å². The Morgan fingerprint density at radius 3 is 2.20 bits per heavy atom. The van der Waals surface area contributed by atoms with Crippen LogP contribution in [0.25, 0.3) is 0 Å². The summed E-state index contributed by atoms with van der Waals surface area (Å²) >= 11 is 0. The van der Waals surface area contributed by atoms with Crippen LogP contribution in [0, 0.1) is 0 Å². The Bertz CT molecular complexity index is 255. The van der Waals surface area contributed by atoms with Gasteiger partial charge in [0.1, 0.15) is 0 Å². The Morgan fingerprint density at radius 1 is 1.13 bits per heavy atom. The Labute approximate surface area is 86.5 Å². The lowest BCUT2D eigenvalue weighted by Gasteiger charge is -2.09. The van der Waals surface area contributed by atoms with Crippen LogP contribution in [0.4, 0.5) is 9.59 Å². The normalized spacial score (nSPS) is 11.5. The van der Waals surface area contributed by atoms with Crippen LogP contribution in [0.2, 0.25) is 0 Å². The number of nitrogens with two attached hydrogens (primary N) is 3. The second-order valence-electron chi connectivity index (χ2n) is 2.89. The fourth-order valence-corrected chi connectivity index (χ4v) is 0.879. The van der Waals surface area contributed by atoms with Gasteiger partial charge in [-0.2, -0.15) is 0 Å². The monoisotopic (exact) mass is 217 g/mol. The topological polar surface area (TPSA) is 153 Å². The van der Waals surface area contributed by atoms with Gasteiger partial charge in [0.15, 0.2) is 0 Å². The van der Waals surface area contributed by atoms with Crippen molar-refractivity contribution in [1.82, 2.24) is 10.6 Å². The van der Waals surface area contributed by atoms with Crippen molar-refractivity contribution < 1.29 is 14.4 Å². The Kier molecular flexibility index (Phi) is 5.79. The molecule has 0 aliphatic heterocycles. The maximum atomic E-state index is 11.0. The Balaban J connectivity index is 3.64. The molecule has 0 fully saturated rings. The summed E-state index contributed by atoms with van der Waals surface area (Å²) in [6.07, 6.45) is 0.801. The molecule has 0 bridgehead atoms. The fourth-order valence-electron chi connectivity index (χ4n) is 0.879. The summed E-state index contributed by atoms with van der Waals surface area (Å²) < 4.78 is 0. The van der Waals surface area contributed by atoms with Gasteiger partial charge in [-0.1, -0.05) is 0 Å². The van der Waals surface area contributed by atoms with Crippen LogP contribution in [0.1, 0.15) is 12.8 Å². The molecule has 1 atom stereocenters. The van der Waals surface area contributed by atoms with Gasteiger partial charge in [-0.05, 0) is 12.8 Å². The third-order valence-electron chi connectivity index (χ3n) is 1.57. The number of imide groups is 1. The molecule has 15 heavy (non-hydrogen) atoms. The van der Waals surface area contributed by atoms with E-state index in [0.29, 0.717) is 19.4 Å². The summed E-state index contributed by atoms with van der Waals surface area (Å²) in [5.74, 6) is -0.637. The van der Waals surface area contributed by atoms with E-state index in [9.17, 15) is 14.4 Å². The molecule has 8 N–H and O–H groups in total. The number of primary amides is 2. The van der Waals surface area contributed by atoms with E-state index in [1.54, 1.807) is 0 Å². The molecule has 0 aromatic rings. The summed E-state index contributed by atoms with van der Waals surface area (Å²) in [6.45, 7) is 0.326. The van der Waals surface area contributed by atoms with Crippen molar-refractivity contribution in [2.75, 3.05) is 6.54 Å². The molecule has 0 saturated carbocycles. The molecule has 86 valence electrons. The van der Waals surface area contributed by atoms with Gasteiger partial charge >= 0.3 is 12.1 Å². The molecule has 0 heterocycles. The number of carbonyl (C=O) groups is 3. The fraction of sp³-hybridized carbons (Fsp3) is 0.571. The third-order valence-corrected chi connectivity index (χ3v) is 1.57. The van der Waals surface area contributed by atoms with Crippen LogP contribution < -0.4 is 27.8 Å². The first-order chi connectivity index (χ1) is 6.93. The second-order valence-corrected chi connectivity index (χ2v) is 2.89. The maximum absolute atomic E-state index is 11.0. The summed E-state index contributed by atoms with van der Waals surface area (Å²) in [6, 6.07) is -2.40. The van der Waals surface area contributed by atoms with Crippen LogP contribution in [0.15, 0.2) is 0 Å². The number of nitrogens with one attached hydrogen (secondary N) is 2. The SMILES string of the molecule is NC(=O)NCCC[C@H](N)C(=O)NC(N)=O. The van der Waals surface area contributed by atoms with Crippen LogP contribution in [-0.4, -0.2) is 30.6 Å². The lowest BCUT2D eigenvalue weighted by Crippen LogP contribution is -2.45. The standard InChI is InChI=1S/C7H15N5O3/c8-4(5(13)12-7(10)15)2-1-3-11-6(9)14/h4H,1-3,8H2,(H3,9,11,14)(H3,10,12,13,15)/t4-/m0/s1. The van der Waals surface area contributed by atoms with Gasteiger partial charge in [0.2, 0.25) is 5.91 Å². The molecular formula is C7H15N5O3. The maximum Gasteiger partial charge on any atom is 0.318 e.